The lowest BCUT2D eigenvalue weighted by Gasteiger charge is -2.17. The van der Waals surface area contributed by atoms with E-state index in [1.54, 1.807) is 0 Å². The Balaban J connectivity index is 1.55. The van der Waals surface area contributed by atoms with Gasteiger partial charge in [0.15, 0.2) is 0 Å². The minimum Gasteiger partial charge on any atom is -0.372 e. The molecule has 5 nitrogen and oxygen atoms in total. The summed E-state index contributed by atoms with van der Waals surface area (Å²) in [6.07, 6.45) is 3.08. The molecule has 0 bridgehead atoms. The third-order valence-corrected chi connectivity index (χ3v) is 4.95. The average Bonchev–Trinajstić information content (AvgIpc) is 3.18. The standard InChI is InChI=1S/C22H27N3O2/c1-3-17-8-6-7-16(2)22(17)24-21(27)15-20(26)23-18-9-11-19(12-10-18)25-13-4-5-14-25/h6-12H,3-5,13-15H2,1-2H3,(H,23,26)(H,24,27). The molecule has 0 aromatic heterocycles. The van der Waals surface area contributed by atoms with E-state index in [2.05, 4.69) is 15.5 Å². The van der Waals surface area contributed by atoms with Gasteiger partial charge in [-0.3, -0.25) is 9.59 Å². The quantitative estimate of drug-likeness (QED) is 0.757. The number of para-hydroxylation sites is 1. The van der Waals surface area contributed by atoms with E-state index in [9.17, 15) is 9.59 Å². The Morgan fingerprint density at radius 3 is 2.30 bits per heavy atom. The van der Waals surface area contributed by atoms with Crippen LogP contribution in [0.5, 0.6) is 0 Å². The number of amides is 2. The maximum Gasteiger partial charge on any atom is 0.233 e. The largest absolute Gasteiger partial charge is 0.372 e. The van der Waals surface area contributed by atoms with Gasteiger partial charge in [-0.05, 0) is 61.6 Å². The molecule has 1 aliphatic heterocycles. The Kier molecular flexibility index (Phi) is 6.12. The van der Waals surface area contributed by atoms with Crippen LogP contribution in [0.25, 0.3) is 0 Å². The van der Waals surface area contributed by atoms with Gasteiger partial charge >= 0.3 is 0 Å². The Hall–Kier alpha value is -2.82. The summed E-state index contributed by atoms with van der Waals surface area (Å²) >= 11 is 0. The van der Waals surface area contributed by atoms with Crippen LogP contribution in [0.1, 0.15) is 37.3 Å². The van der Waals surface area contributed by atoms with Crippen LogP contribution in [0.2, 0.25) is 0 Å². The number of rotatable bonds is 6. The molecule has 0 atom stereocenters. The third-order valence-electron chi connectivity index (χ3n) is 4.95. The number of hydrogen-bond donors (Lipinski definition) is 2. The van der Waals surface area contributed by atoms with Gasteiger partial charge in [0.05, 0.1) is 0 Å². The summed E-state index contributed by atoms with van der Waals surface area (Å²) in [5.41, 5.74) is 4.77. The molecule has 5 heteroatoms. The summed E-state index contributed by atoms with van der Waals surface area (Å²) < 4.78 is 0. The molecule has 27 heavy (non-hydrogen) atoms. The molecular formula is C22H27N3O2. The lowest BCUT2D eigenvalue weighted by atomic mass is 10.1. The Bertz CT molecular complexity index is 809. The predicted molar refractivity (Wildman–Crippen MR) is 110 cm³/mol. The van der Waals surface area contributed by atoms with Crippen LogP contribution < -0.4 is 15.5 Å². The minimum atomic E-state index is -0.312. The van der Waals surface area contributed by atoms with Crippen LogP contribution >= 0.6 is 0 Å². The van der Waals surface area contributed by atoms with E-state index in [1.165, 1.54) is 18.5 Å². The van der Waals surface area contributed by atoms with Crippen LogP contribution in [0.4, 0.5) is 17.1 Å². The van der Waals surface area contributed by atoms with Crippen molar-refractivity contribution in [3.63, 3.8) is 0 Å². The molecule has 0 spiro atoms. The zero-order valence-corrected chi connectivity index (χ0v) is 16.0. The maximum absolute atomic E-state index is 12.3. The molecule has 1 heterocycles. The van der Waals surface area contributed by atoms with E-state index < -0.39 is 0 Å². The number of aryl methyl sites for hydroxylation is 2. The number of nitrogens with one attached hydrogen (secondary N) is 2. The zero-order chi connectivity index (χ0) is 19.2. The maximum atomic E-state index is 12.3. The zero-order valence-electron chi connectivity index (χ0n) is 16.0. The van der Waals surface area contributed by atoms with E-state index in [0.717, 1.165) is 36.3 Å². The lowest BCUT2D eigenvalue weighted by Crippen LogP contribution is -2.22. The summed E-state index contributed by atoms with van der Waals surface area (Å²) in [6, 6.07) is 13.7. The average molecular weight is 365 g/mol. The number of carbonyl (C=O) groups excluding carboxylic acids is 2. The molecule has 2 aromatic rings. The van der Waals surface area contributed by atoms with E-state index in [4.69, 9.17) is 0 Å². The molecule has 2 amide bonds. The Morgan fingerprint density at radius 1 is 0.963 bits per heavy atom. The molecule has 1 fully saturated rings. The second-order valence-corrected chi connectivity index (χ2v) is 6.98. The van der Waals surface area contributed by atoms with Gasteiger partial charge < -0.3 is 15.5 Å². The van der Waals surface area contributed by atoms with Crippen molar-refractivity contribution in [3.8, 4) is 0 Å². The van der Waals surface area contributed by atoms with Crippen LogP contribution in [-0.4, -0.2) is 24.9 Å². The first kappa shape index (κ1) is 19.0. The van der Waals surface area contributed by atoms with Gasteiger partial charge in [-0.1, -0.05) is 25.1 Å². The van der Waals surface area contributed by atoms with E-state index in [-0.39, 0.29) is 18.2 Å². The SMILES string of the molecule is CCc1cccc(C)c1NC(=O)CC(=O)Nc1ccc(N2CCCC2)cc1. The van der Waals surface area contributed by atoms with Crippen molar-refractivity contribution in [2.45, 2.75) is 39.5 Å². The van der Waals surface area contributed by atoms with Gasteiger partial charge in [0.25, 0.3) is 0 Å². The van der Waals surface area contributed by atoms with E-state index in [1.807, 2.05) is 56.3 Å². The van der Waals surface area contributed by atoms with Gasteiger partial charge in [-0.25, -0.2) is 0 Å². The van der Waals surface area contributed by atoms with Gasteiger partial charge in [0, 0.05) is 30.2 Å². The molecule has 0 aliphatic carbocycles. The molecule has 1 saturated heterocycles. The van der Waals surface area contributed by atoms with Crippen molar-refractivity contribution >= 4 is 28.9 Å². The smallest absolute Gasteiger partial charge is 0.233 e. The first-order valence-electron chi connectivity index (χ1n) is 9.60. The fraction of sp³-hybridized carbons (Fsp3) is 0.364. The van der Waals surface area contributed by atoms with Crippen LogP contribution in [0.3, 0.4) is 0 Å². The van der Waals surface area contributed by atoms with E-state index >= 15 is 0 Å². The molecule has 2 aromatic carbocycles. The second kappa shape index (κ2) is 8.71. The summed E-state index contributed by atoms with van der Waals surface area (Å²) in [5.74, 6) is -0.613. The first-order valence-corrected chi connectivity index (χ1v) is 9.60. The summed E-state index contributed by atoms with van der Waals surface area (Å²) in [4.78, 5) is 26.8. The molecule has 3 rings (SSSR count). The topological polar surface area (TPSA) is 61.4 Å². The number of anilines is 3. The minimum absolute atomic E-state index is 0.203. The molecule has 2 N–H and O–H groups in total. The van der Waals surface area contributed by atoms with Crippen LogP contribution in [0, 0.1) is 6.92 Å². The first-order chi connectivity index (χ1) is 13.1. The number of benzene rings is 2. The molecule has 142 valence electrons. The third kappa shape index (κ3) is 4.88. The number of hydrogen-bond acceptors (Lipinski definition) is 3. The van der Waals surface area contributed by atoms with Gasteiger partial charge in [0.1, 0.15) is 6.42 Å². The fourth-order valence-electron chi connectivity index (χ4n) is 3.47. The molecule has 0 radical (unpaired) electrons. The highest BCUT2D eigenvalue weighted by atomic mass is 16.2. The van der Waals surface area contributed by atoms with Crippen molar-refractivity contribution in [1.82, 2.24) is 0 Å². The molecule has 0 unspecified atom stereocenters. The summed E-state index contributed by atoms with van der Waals surface area (Å²) in [5, 5.41) is 5.69. The highest BCUT2D eigenvalue weighted by Gasteiger charge is 2.14. The van der Waals surface area contributed by atoms with Gasteiger partial charge in [-0.2, -0.15) is 0 Å². The highest BCUT2D eigenvalue weighted by Crippen LogP contribution is 2.23. The van der Waals surface area contributed by atoms with Crippen molar-refractivity contribution in [3.05, 3.63) is 53.6 Å². The van der Waals surface area contributed by atoms with E-state index in [0.29, 0.717) is 5.69 Å². The summed E-state index contributed by atoms with van der Waals surface area (Å²) in [6.45, 7) is 6.18. The normalized spacial score (nSPS) is 13.5. The van der Waals surface area contributed by atoms with Gasteiger partial charge in [-0.15, -0.1) is 0 Å². The molecular weight excluding hydrogens is 338 g/mol. The van der Waals surface area contributed by atoms with Crippen molar-refractivity contribution in [2.75, 3.05) is 28.6 Å². The highest BCUT2D eigenvalue weighted by molar-refractivity contribution is 6.08. The lowest BCUT2D eigenvalue weighted by molar-refractivity contribution is -0.123. The van der Waals surface area contributed by atoms with Crippen molar-refractivity contribution in [1.29, 1.82) is 0 Å². The summed E-state index contributed by atoms with van der Waals surface area (Å²) in [7, 11) is 0. The monoisotopic (exact) mass is 365 g/mol. The fourth-order valence-corrected chi connectivity index (χ4v) is 3.47. The molecule has 1 aliphatic rings. The predicted octanol–water partition coefficient (Wildman–Crippen LogP) is 4.12. The van der Waals surface area contributed by atoms with Gasteiger partial charge in [0.2, 0.25) is 11.8 Å². The number of carbonyl (C=O) groups is 2. The van der Waals surface area contributed by atoms with Crippen LogP contribution in [0.15, 0.2) is 42.5 Å². The Labute approximate surface area is 160 Å². The number of nitrogens with zero attached hydrogens (tertiary/aromatic N) is 1. The van der Waals surface area contributed by atoms with Crippen molar-refractivity contribution in [2.24, 2.45) is 0 Å². The Morgan fingerprint density at radius 2 is 1.63 bits per heavy atom. The van der Waals surface area contributed by atoms with Crippen LogP contribution in [-0.2, 0) is 16.0 Å². The second-order valence-electron chi connectivity index (χ2n) is 6.98. The van der Waals surface area contributed by atoms with Crippen molar-refractivity contribution < 1.29 is 9.59 Å². The molecule has 0 saturated carbocycles.